The Labute approximate surface area is 112 Å². The van der Waals surface area contributed by atoms with Gasteiger partial charge in [0.1, 0.15) is 0 Å². The van der Waals surface area contributed by atoms with Gasteiger partial charge in [0.25, 0.3) is 0 Å². The summed E-state index contributed by atoms with van der Waals surface area (Å²) in [7, 11) is 2.00. The van der Waals surface area contributed by atoms with Gasteiger partial charge in [-0.1, -0.05) is 34.1 Å². The first-order chi connectivity index (χ1) is 8.43. The third kappa shape index (κ3) is 4.45. The number of aryl methyl sites for hydroxylation is 1. The second-order valence-electron chi connectivity index (χ2n) is 5.90. The second-order valence-corrected chi connectivity index (χ2v) is 5.90. The quantitative estimate of drug-likeness (QED) is 0.804. The summed E-state index contributed by atoms with van der Waals surface area (Å²) in [6.07, 6.45) is 4.64. The minimum Gasteiger partial charge on any atom is -0.310 e. The van der Waals surface area contributed by atoms with Crippen LogP contribution in [0.3, 0.4) is 0 Å². The summed E-state index contributed by atoms with van der Waals surface area (Å²) < 4.78 is 1.92. The molecule has 0 aromatic carbocycles. The van der Waals surface area contributed by atoms with Crippen LogP contribution in [0, 0.1) is 5.92 Å². The fourth-order valence-electron chi connectivity index (χ4n) is 2.31. The molecule has 1 rings (SSSR count). The van der Waals surface area contributed by atoms with Crippen LogP contribution in [-0.2, 0) is 13.6 Å². The molecule has 0 bridgehead atoms. The highest BCUT2D eigenvalue weighted by molar-refractivity contribution is 5.20. The number of rotatable bonds is 7. The lowest BCUT2D eigenvalue weighted by Gasteiger charge is -2.17. The molecule has 0 amide bonds. The second kappa shape index (κ2) is 6.93. The van der Waals surface area contributed by atoms with E-state index in [-0.39, 0.29) is 0 Å². The standard InChI is InChI=1S/C15H29N3/c1-7-12(4)8-13(5)16-9-14-10-18(6)17-15(14)11(2)3/h10-13,16H,7-9H2,1-6H3. The van der Waals surface area contributed by atoms with E-state index < -0.39 is 0 Å². The van der Waals surface area contributed by atoms with E-state index in [0.717, 1.165) is 12.5 Å². The van der Waals surface area contributed by atoms with Crippen molar-refractivity contribution < 1.29 is 0 Å². The zero-order valence-electron chi connectivity index (χ0n) is 12.8. The molecule has 0 radical (unpaired) electrons. The highest BCUT2D eigenvalue weighted by Crippen LogP contribution is 2.17. The van der Waals surface area contributed by atoms with Crippen LogP contribution in [0.2, 0.25) is 0 Å². The first kappa shape index (κ1) is 15.2. The molecule has 1 N–H and O–H groups in total. The van der Waals surface area contributed by atoms with Gasteiger partial charge in [-0.25, -0.2) is 0 Å². The maximum absolute atomic E-state index is 4.54. The molecule has 0 saturated heterocycles. The Balaban J connectivity index is 2.52. The number of nitrogens with zero attached hydrogens (tertiary/aromatic N) is 2. The molecule has 1 aromatic rings. The van der Waals surface area contributed by atoms with Gasteiger partial charge in [0, 0.05) is 31.4 Å². The summed E-state index contributed by atoms with van der Waals surface area (Å²) in [4.78, 5) is 0. The largest absolute Gasteiger partial charge is 0.310 e. The first-order valence-corrected chi connectivity index (χ1v) is 7.19. The van der Waals surface area contributed by atoms with Crippen molar-refractivity contribution >= 4 is 0 Å². The molecule has 1 heterocycles. The highest BCUT2D eigenvalue weighted by atomic mass is 15.3. The molecule has 0 spiro atoms. The van der Waals surface area contributed by atoms with E-state index in [2.05, 4.69) is 51.2 Å². The van der Waals surface area contributed by atoms with Crippen LogP contribution in [0.15, 0.2) is 6.20 Å². The fourth-order valence-corrected chi connectivity index (χ4v) is 2.31. The van der Waals surface area contributed by atoms with Crippen molar-refractivity contribution in [2.24, 2.45) is 13.0 Å². The molecule has 2 unspecified atom stereocenters. The number of aromatic nitrogens is 2. The Hall–Kier alpha value is -0.830. The van der Waals surface area contributed by atoms with E-state index in [9.17, 15) is 0 Å². The van der Waals surface area contributed by atoms with Crippen molar-refractivity contribution in [1.82, 2.24) is 15.1 Å². The van der Waals surface area contributed by atoms with Crippen LogP contribution in [0.1, 0.15) is 64.6 Å². The van der Waals surface area contributed by atoms with Crippen LogP contribution < -0.4 is 5.32 Å². The van der Waals surface area contributed by atoms with E-state index in [4.69, 9.17) is 0 Å². The fraction of sp³-hybridized carbons (Fsp3) is 0.800. The van der Waals surface area contributed by atoms with Gasteiger partial charge in [-0.15, -0.1) is 0 Å². The van der Waals surface area contributed by atoms with Crippen LogP contribution in [0.4, 0.5) is 0 Å². The highest BCUT2D eigenvalue weighted by Gasteiger charge is 2.12. The monoisotopic (exact) mass is 251 g/mol. The smallest absolute Gasteiger partial charge is 0.0694 e. The molecule has 0 aliphatic carbocycles. The minimum atomic E-state index is 0.493. The van der Waals surface area contributed by atoms with Gasteiger partial charge in [0.05, 0.1) is 5.69 Å². The van der Waals surface area contributed by atoms with Gasteiger partial charge in [-0.3, -0.25) is 4.68 Å². The predicted molar refractivity (Wildman–Crippen MR) is 77.7 cm³/mol. The zero-order chi connectivity index (χ0) is 13.7. The van der Waals surface area contributed by atoms with Crippen molar-refractivity contribution in [3.05, 3.63) is 17.5 Å². The zero-order valence-corrected chi connectivity index (χ0v) is 12.8. The molecule has 0 fully saturated rings. The Morgan fingerprint density at radius 3 is 2.50 bits per heavy atom. The molecular weight excluding hydrogens is 222 g/mol. The summed E-state index contributed by atoms with van der Waals surface area (Å²) in [5, 5.41) is 8.16. The molecular formula is C15H29N3. The van der Waals surface area contributed by atoms with Gasteiger partial charge in [-0.2, -0.15) is 5.10 Å². The lowest BCUT2D eigenvalue weighted by molar-refractivity contribution is 0.411. The van der Waals surface area contributed by atoms with Gasteiger partial charge in [0.2, 0.25) is 0 Å². The Morgan fingerprint density at radius 2 is 1.94 bits per heavy atom. The van der Waals surface area contributed by atoms with Crippen molar-refractivity contribution in [1.29, 1.82) is 0 Å². The Kier molecular flexibility index (Phi) is 5.86. The van der Waals surface area contributed by atoms with Crippen molar-refractivity contribution in [3.8, 4) is 0 Å². The molecule has 3 heteroatoms. The van der Waals surface area contributed by atoms with Crippen LogP contribution in [0.5, 0.6) is 0 Å². The number of hydrogen-bond acceptors (Lipinski definition) is 2. The van der Waals surface area contributed by atoms with E-state index in [1.54, 1.807) is 0 Å². The maximum Gasteiger partial charge on any atom is 0.0694 e. The topological polar surface area (TPSA) is 29.9 Å². The average molecular weight is 251 g/mol. The lowest BCUT2D eigenvalue weighted by Crippen LogP contribution is -2.27. The molecule has 0 aliphatic heterocycles. The Morgan fingerprint density at radius 1 is 1.28 bits per heavy atom. The molecule has 3 nitrogen and oxygen atoms in total. The molecule has 2 atom stereocenters. The summed E-state index contributed by atoms with van der Waals surface area (Å²) in [6.45, 7) is 12.2. The number of hydrogen-bond donors (Lipinski definition) is 1. The third-order valence-corrected chi connectivity index (χ3v) is 3.58. The predicted octanol–water partition coefficient (Wildman–Crippen LogP) is 3.46. The third-order valence-electron chi connectivity index (χ3n) is 3.58. The van der Waals surface area contributed by atoms with Gasteiger partial charge >= 0.3 is 0 Å². The van der Waals surface area contributed by atoms with Gasteiger partial charge in [0.15, 0.2) is 0 Å². The SMILES string of the molecule is CCC(C)CC(C)NCc1cn(C)nc1C(C)C. The van der Waals surface area contributed by atoms with Gasteiger partial charge in [-0.05, 0) is 25.2 Å². The average Bonchev–Trinajstić information content (AvgIpc) is 2.68. The summed E-state index contributed by atoms with van der Waals surface area (Å²) in [6, 6.07) is 0.570. The molecule has 18 heavy (non-hydrogen) atoms. The van der Waals surface area contributed by atoms with Crippen molar-refractivity contribution in [2.45, 2.75) is 66.0 Å². The normalized spacial score (nSPS) is 15.1. The molecule has 0 saturated carbocycles. The van der Waals surface area contributed by atoms with E-state index >= 15 is 0 Å². The summed E-state index contributed by atoms with van der Waals surface area (Å²) >= 11 is 0. The van der Waals surface area contributed by atoms with Crippen molar-refractivity contribution in [3.63, 3.8) is 0 Å². The molecule has 1 aromatic heterocycles. The lowest BCUT2D eigenvalue weighted by atomic mass is 10.00. The first-order valence-electron chi connectivity index (χ1n) is 7.19. The van der Waals surface area contributed by atoms with Crippen LogP contribution >= 0.6 is 0 Å². The van der Waals surface area contributed by atoms with E-state index in [0.29, 0.717) is 12.0 Å². The maximum atomic E-state index is 4.54. The van der Waals surface area contributed by atoms with Gasteiger partial charge < -0.3 is 5.32 Å². The molecule has 104 valence electrons. The van der Waals surface area contributed by atoms with Crippen LogP contribution in [-0.4, -0.2) is 15.8 Å². The minimum absolute atomic E-state index is 0.493. The van der Waals surface area contributed by atoms with E-state index in [1.165, 1.54) is 24.1 Å². The van der Waals surface area contributed by atoms with Crippen LogP contribution in [0.25, 0.3) is 0 Å². The summed E-state index contributed by atoms with van der Waals surface area (Å²) in [5.74, 6) is 1.29. The number of nitrogens with one attached hydrogen (secondary N) is 1. The van der Waals surface area contributed by atoms with E-state index in [1.807, 2.05) is 11.7 Å². The molecule has 0 aliphatic rings. The summed E-state index contributed by atoms with van der Waals surface area (Å²) in [5.41, 5.74) is 2.56. The Bertz CT molecular complexity index is 355. The van der Waals surface area contributed by atoms with Crippen molar-refractivity contribution in [2.75, 3.05) is 0 Å².